The van der Waals surface area contributed by atoms with E-state index >= 15 is 0 Å². The monoisotopic (exact) mass is 473 g/mol. The van der Waals surface area contributed by atoms with Crippen molar-refractivity contribution in [3.05, 3.63) is 98.3 Å². The van der Waals surface area contributed by atoms with Gasteiger partial charge in [-0.15, -0.1) is 0 Å². The van der Waals surface area contributed by atoms with Gasteiger partial charge in [0.25, 0.3) is 5.56 Å². The average molecular weight is 474 g/mol. The van der Waals surface area contributed by atoms with Crippen LogP contribution in [-0.2, 0) is 30.8 Å². The SMILES string of the molecule is CCn1nc(C)c2c1c(=O)n(Cc1ccccc1)c(=O)n2CC(=O)N[C@@H](C)CCc1ccccc1. The van der Waals surface area contributed by atoms with E-state index in [0.29, 0.717) is 23.3 Å². The molecule has 1 atom stereocenters. The third-order valence-electron chi connectivity index (χ3n) is 6.18. The topological polar surface area (TPSA) is 90.9 Å². The molecule has 2 aromatic heterocycles. The van der Waals surface area contributed by atoms with Crippen molar-refractivity contribution < 1.29 is 4.79 Å². The van der Waals surface area contributed by atoms with Gasteiger partial charge in [-0.05, 0) is 44.7 Å². The van der Waals surface area contributed by atoms with Gasteiger partial charge in [-0.3, -0.25) is 23.4 Å². The van der Waals surface area contributed by atoms with E-state index in [-0.39, 0.29) is 25.0 Å². The normalized spacial score (nSPS) is 12.1. The first-order valence-electron chi connectivity index (χ1n) is 12.0. The number of nitrogens with one attached hydrogen (secondary N) is 1. The fourth-order valence-corrected chi connectivity index (χ4v) is 4.41. The highest BCUT2D eigenvalue weighted by molar-refractivity contribution is 5.81. The molecule has 2 aromatic carbocycles. The molecule has 0 saturated carbocycles. The second kappa shape index (κ2) is 10.5. The highest BCUT2D eigenvalue weighted by Crippen LogP contribution is 2.14. The number of nitrogens with zero attached hydrogens (tertiary/aromatic N) is 4. The largest absolute Gasteiger partial charge is 0.352 e. The van der Waals surface area contributed by atoms with Gasteiger partial charge in [0.2, 0.25) is 5.91 Å². The minimum atomic E-state index is -0.516. The molecule has 0 aliphatic carbocycles. The summed E-state index contributed by atoms with van der Waals surface area (Å²) in [6, 6.07) is 19.4. The minimum Gasteiger partial charge on any atom is -0.352 e. The lowest BCUT2D eigenvalue weighted by Crippen LogP contribution is -2.44. The Kier molecular flexibility index (Phi) is 7.29. The number of aromatic nitrogens is 4. The Morgan fingerprint density at radius 3 is 2.20 bits per heavy atom. The van der Waals surface area contributed by atoms with Crippen LogP contribution in [0, 0.1) is 6.92 Å². The molecule has 0 bridgehead atoms. The third kappa shape index (κ3) is 5.26. The second-order valence-corrected chi connectivity index (χ2v) is 8.84. The minimum absolute atomic E-state index is 0.0661. The Hall–Kier alpha value is -3.94. The van der Waals surface area contributed by atoms with E-state index in [1.165, 1.54) is 14.7 Å². The number of rotatable bonds is 9. The molecule has 0 spiro atoms. The van der Waals surface area contributed by atoms with Crippen LogP contribution in [0.1, 0.15) is 37.1 Å². The molecule has 4 rings (SSSR count). The summed E-state index contributed by atoms with van der Waals surface area (Å²) >= 11 is 0. The first-order valence-corrected chi connectivity index (χ1v) is 12.0. The Morgan fingerprint density at radius 2 is 1.57 bits per heavy atom. The van der Waals surface area contributed by atoms with Gasteiger partial charge in [-0.2, -0.15) is 5.10 Å². The summed E-state index contributed by atoms with van der Waals surface area (Å²) in [7, 11) is 0. The molecular weight excluding hydrogens is 442 g/mol. The fourth-order valence-electron chi connectivity index (χ4n) is 4.41. The summed E-state index contributed by atoms with van der Waals surface area (Å²) < 4.78 is 4.18. The van der Waals surface area contributed by atoms with Crippen molar-refractivity contribution in [1.82, 2.24) is 24.2 Å². The summed E-state index contributed by atoms with van der Waals surface area (Å²) in [6.07, 6.45) is 1.62. The fraction of sp³-hybridized carbons (Fsp3) is 0.333. The summed E-state index contributed by atoms with van der Waals surface area (Å²) in [4.78, 5) is 39.9. The van der Waals surface area contributed by atoms with Crippen LogP contribution in [-0.4, -0.2) is 30.9 Å². The van der Waals surface area contributed by atoms with Crippen LogP contribution in [0.5, 0.6) is 0 Å². The molecule has 0 saturated heterocycles. The lowest BCUT2D eigenvalue weighted by Gasteiger charge is -2.16. The number of carbonyl (C=O) groups is 1. The molecule has 0 aliphatic rings. The summed E-state index contributed by atoms with van der Waals surface area (Å²) in [5.41, 5.74) is 2.43. The molecule has 8 heteroatoms. The van der Waals surface area contributed by atoms with E-state index in [9.17, 15) is 14.4 Å². The van der Waals surface area contributed by atoms with Crippen LogP contribution in [0.3, 0.4) is 0 Å². The Balaban J connectivity index is 1.64. The summed E-state index contributed by atoms with van der Waals surface area (Å²) in [5.74, 6) is -0.275. The van der Waals surface area contributed by atoms with Crippen molar-refractivity contribution in [2.45, 2.75) is 59.3 Å². The maximum absolute atomic E-state index is 13.5. The van der Waals surface area contributed by atoms with Crippen LogP contribution in [0.4, 0.5) is 0 Å². The molecule has 4 aromatic rings. The van der Waals surface area contributed by atoms with E-state index in [2.05, 4.69) is 22.5 Å². The van der Waals surface area contributed by atoms with Crippen LogP contribution in [0.2, 0.25) is 0 Å². The molecule has 0 radical (unpaired) electrons. The van der Waals surface area contributed by atoms with Crippen molar-refractivity contribution in [3.63, 3.8) is 0 Å². The van der Waals surface area contributed by atoms with Gasteiger partial charge >= 0.3 is 5.69 Å². The van der Waals surface area contributed by atoms with E-state index in [1.54, 1.807) is 11.6 Å². The summed E-state index contributed by atoms with van der Waals surface area (Å²) in [6.45, 7) is 6.02. The van der Waals surface area contributed by atoms with E-state index < -0.39 is 11.2 Å². The summed E-state index contributed by atoms with van der Waals surface area (Å²) in [5, 5.41) is 7.46. The molecule has 1 amide bonds. The zero-order valence-corrected chi connectivity index (χ0v) is 20.4. The molecule has 182 valence electrons. The first kappa shape index (κ1) is 24.2. The smallest absolute Gasteiger partial charge is 0.332 e. The first-order chi connectivity index (χ1) is 16.9. The maximum atomic E-state index is 13.5. The Morgan fingerprint density at radius 1 is 0.943 bits per heavy atom. The van der Waals surface area contributed by atoms with Gasteiger partial charge in [-0.1, -0.05) is 60.7 Å². The van der Waals surface area contributed by atoms with Gasteiger partial charge < -0.3 is 5.32 Å². The van der Waals surface area contributed by atoms with Crippen LogP contribution < -0.4 is 16.6 Å². The molecule has 1 N–H and O–H groups in total. The quantitative estimate of drug-likeness (QED) is 0.405. The van der Waals surface area contributed by atoms with Crippen LogP contribution in [0.25, 0.3) is 11.0 Å². The molecule has 0 fully saturated rings. The van der Waals surface area contributed by atoms with Crippen molar-refractivity contribution in [3.8, 4) is 0 Å². The maximum Gasteiger partial charge on any atom is 0.332 e. The van der Waals surface area contributed by atoms with Crippen LogP contribution >= 0.6 is 0 Å². The molecular formula is C27H31N5O3. The van der Waals surface area contributed by atoms with E-state index in [1.807, 2.05) is 62.4 Å². The zero-order valence-electron chi connectivity index (χ0n) is 20.4. The van der Waals surface area contributed by atoms with Gasteiger partial charge in [0.1, 0.15) is 12.1 Å². The lowest BCUT2D eigenvalue weighted by molar-refractivity contribution is -0.122. The van der Waals surface area contributed by atoms with Gasteiger partial charge in [0.05, 0.1) is 12.2 Å². The number of fused-ring (bicyclic) bond motifs is 1. The lowest BCUT2D eigenvalue weighted by atomic mass is 10.1. The van der Waals surface area contributed by atoms with Gasteiger partial charge in [-0.25, -0.2) is 4.79 Å². The zero-order chi connectivity index (χ0) is 24.9. The predicted octanol–water partition coefficient (Wildman–Crippen LogP) is 2.87. The molecule has 8 nitrogen and oxygen atoms in total. The van der Waals surface area contributed by atoms with E-state index in [4.69, 9.17) is 0 Å². The van der Waals surface area contributed by atoms with Gasteiger partial charge in [0.15, 0.2) is 5.52 Å². The number of hydrogen-bond donors (Lipinski definition) is 1. The third-order valence-corrected chi connectivity index (χ3v) is 6.18. The van der Waals surface area contributed by atoms with Crippen molar-refractivity contribution in [2.24, 2.45) is 0 Å². The van der Waals surface area contributed by atoms with E-state index in [0.717, 1.165) is 18.4 Å². The standard InChI is InChI=1S/C27H31N5O3/c1-4-32-25-24(20(3)29-32)30(27(35)31(26(25)34)17-22-13-9-6-10-14-22)18-23(33)28-19(2)15-16-21-11-7-5-8-12-21/h5-14,19H,4,15-18H2,1-3H3,(H,28,33)/t19-/m0/s1. The Labute approximate surface area is 203 Å². The number of aryl methyl sites for hydroxylation is 3. The number of carbonyl (C=O) groups excluding carboxylic acids is 1. The molecule has 2 heterocycles. The van der Waals surface area contributed by atoms with Gasteiger partial charge in [0, 0.05) is 12.6 Å². The van der Waals surface area contributed by atoms with Crippen molar-refractivity contribution in [2.75, 3.05) is 0 Å². The Bertz CT molecular complexity index is 1440. The second-order valence-electron chi connectivity index (χ2n) is 8.84. The number of amides is 1. The predicted molar refractivity (Wildman–Crippen MR) is 137 cm³/mol. The number of benzene rings is 2. The average Bonchev–Trinajstić information content (AvgIpc) is 3.20. The molecule has 0 unspecified atom stereocenters. The van der Waals surface area contributed by atoms with Crippen LogP contribution in [0.15, 0.2) is 70.3 Å². The van der Waals surface area contributed by atoms with Crippen molar-refractivity contribution >= 4 is 16.9 Å². The number of hydrogen-bond acceptors (Lipinski definition) is 4. The van der Waals surface area contributed by atoms with Crippen molar-refractivity contribution in [1.29, 1.82) is 0 Å². The highest BCUT2D eigenvalue weighted by atomic mass is 16.2. The highest BCUT2D eigenvalue weighted by Gasteiger charge is 2.22. The molecule has 0 aliphatic heterocycles. The molecule has 35 heavy (non-hydrogen) atoms.